The van der Waals surface area contributed by atoms with E-state index in [0.717, 1.165) is 32.1 Å². The fraction of sp³-hybridized carbons (Fsp3) is 0.500. The number of carbonyl (C=O) groups excluding carboxylic acids is 2. The highest BCUT2D eigenvalue weighted by Gasteiger charge is 2.37. The second-order valence-electron chi connectivity index (χ2n) is 7.95. The van der Waals surface area contributed by atoms with Crippen molar-refractivity contribution >= 4 is 35.0 Å². The van der Waals surface area contributed by atoms with Crippen LogP contribution in [-0.4, -0.2) is 18.4 Å². The smallest absolute Gasteiger partial charge is 0.316 e. The first-order valence-electron chi connectivity index (χ1n) is 10.5. The molecule has 0 amide bonds. The molecular weight excluding hydrogens is 407 g/mol. The first-order valence-corrected chi connectivity index (χ1v) is 11.2. The van der Waals surface area contributed by atoms with Gasteiger partial charge in [0.1, 0.15) is 5.92 Å². The number of ketones is 1. The minimum Gasteiger partial charge on any atom is -0.465 e. The Kier molecular flexibility index (Phi) is 7.97. The summed E-state index contributed by atoms with van der Waals surface area (Å²) in [5, 5.41) is 0.825. The molecule has 0 spiro atoms. The van der Waals surface area contributed by atoms with E-state index in [0.29, 0.717) is 27.4 Å². The molecule has 0 N–H and O–H groups in total. The van der Waals surface area contributed by atoms with Crippen molar-refractivity contribution in [1.82, 2.24) is 0 Å². The van der Waals surface area contributed by atoms with E-state index in [-0.39, 0.29) is 24.7 Å². The molecule has 3 nitrogen and oxygen atoms in total. The van der Waals surface area contributed by atoms with Crippen molar-refractivity contribution in [3.05, 3.63) is 58.1 Å². The zero-order valence-electron chi connectivity index (χ0n) is 16.8. The van der Waals surface area contributed by atoms with Crippen LogP contribution >= 0.6 is 23.2 Å². The Morgan fingerprint density at radius 2 is 1.90 bits per heavy atom. The summed E-state index contributed by atoms with van der Waals surface area (Å²) in [6.45, 7) is 2.00. The van der Waals surface area contributed by atoms with Crippen molar-refractivity contribution in [3.8, 4) is 0 Å². The molecule has 2 aliphatic rings. The molecule has 2 atom stereocenters. The first-order chi connectivity index (χ1) is 14.0. The summed E-state index contributed by atoms with van der Waals surface area (Å²) in [5.41, 5.74) is 0.707. The van der Waals surface area contributed by atoms with Crippen LogP contribution in [0.25, 0.3) is 0 Å². The number of carbonyl (C=O) groups is 2. The maximum absolute atomic E-state index is 13.3. The molecular formula is C24H28Cl2O3. The van der Waals surface area contributed by atoms with Crippen LogP contribution in [0, 0.1) is 23.7 Å². The maximum atomic E-state index is 13.3. The molecule has 2 unspecified atom stereocenters. The quantitative estimate of drug-likeness (QED) is 0.377. The summed E-state index contributed by atoms with van der Waals surface area (Å²) < 4.78 is 5.22. The normalized spacial score (nSPS) is 24.9. The van der Waals surface area contributed by atoms with Crippen LogP contribution in [0.2, 0.25) is 10.0 Å². The van der Waals surface area contributed by atoms with E-state index in [2.05, 4.69) is 24.3 Å². The minimum absolute atomic E-state index is 0.0166. The van der Waals surface area contributed by atoms with E-state index in [9.17, 15) is 9.59 Å². The number of halogens is 2. The van der Waals surface area contributed by atoms with E-state index < -0.39 is 11.9 Å². The third-order valence-electron chi connectivity index (χ3n) is 6.16. The van der Waals surface area contributed by atoms with Gasteiger partial charge in [-0.3, -0.25) is 9.59 Å². The zero-order valence-corrected chi connectivity index (χ0v) is 18.3. The van der Waals surface area contributed by atoms with Gasteiger partial charge in [-0.15, -0.1) is 0 Å². The average Bonchev–Trinajstić information content (AvgIpc) is 2.75. The second kappa shape index (κ2) is 10.4. The largest absolute Gasteiger partial charge is 0.465 e. The van der Waals surface area contributed by atoms with Gasteiger partial charge in [0.05, 0.1) is 16.7 Å². The van der Waals surface area contributed by atoms with Gasteiger partial charge in [-0.2, -0.15) is 0 Å². The van der Waals surface area contributed by atoms with Gasteiger partial charge in [-0.25, -0.2) is 0 Å². The summed E-state index contributed by atoms with van der Waals surface area (Å²) in [6, 6.07) is 5.30. The van der Waals surface area contributed by atoms with Crippen molar-refractivity contribution in [2.45, 2.75) is 45.4 Å². The second-order valence-corrected chi connectivity index (χ2v) is 8.73. The fourth-order valence-electron chi connectivity index (χ4n) is 4.53. The molecule has 156 valence electrons. The Morgan fingerprint density at radius 3 is 2.55 bits per heavy atom. The molecule has 1 fully saturated rings. The fourth-order valence-corrected chi connectivity index (χ4v) is 4.93. The third-order valence-corrected chi connectivity index (χ3v) is 7.02. The summed E-state index contributed by atoms with van der Waals surface area (Å²) in [6.07, 6.45) is 13.7. The van der Waals surface area contributed by atoms with Gasteiger partial charge in [0.15, 0.2) is 5.78 Å². The summed E-state index contributed by atoms with van der Waals surface area (Å²) in [5.74, 6) is -0.217. The molecule has 1 aromatic rings. The van der Waals surface area contributed by atoms with Crippen molar-refractivity contribution in [2.24, 2.45) is 23.7 Å². The third kappa shape index (κ3) is 5.52. The van der Waals surface area contributed by atoms with Gasteiger partial charge in [-0.1, -0.05) is 59.6 Å². The number of ether oxygens (including phenoxy) is 1. The molecule has 0 bridgehead atoms. The summed E-state index contributed by atoms with van der Waals surface area (Å²) in [7, 11) is 0. The number of hydrogen-bond donors (Lipinski definition) is 0. The first kappa shape index (κ1) is 22.1. The van der Waals surface area contributed by atoms with Gasteiger partial charge in [0, 0.05) is 5.92 Å². The van der Waals surface area contributed by atoms with Crippen molar-refractivity contribution < 1.29 is 14.3 Å². The number of hydrogen-bond acceptors (Lipinski definition) is 3. The number of benzene rings is 1. The Hall–Kier alpha value is -1.58. The zero-order chi connectivity index (χ0) is 20.8. The number of rotatable bonds is 7. The standard InChI is InChI=1S/C24H28Cl2O3/c1-2-29-24(28)20(15-19-9-6-10-21(25)22(19)26)23(27)18-13-11-17(12-14-18)16-7-4-3-5-8-16/h3-7,9-10,16-18,20H,2,8,11-15H2,1H3/t16?,17-,18-,20?. The highest BCUT2D eigenvalue weighted by Crippen LogP contribution is 2.38. The lowest BCUT2D eigenvalue weighted by atomic mass is 9.71. The molecule has 0 aliphatic heterocycles. The number of allylic oxidation sites excluding steroid dienone is 4. The molecule has 1 aromatic carbocycles. The lowest BCUT2D eigenvalue weighted by molar-refractivity contribution is -0.153. The van der Waals surface area contributed by atoms with Gasteiger partial charge < -0.3 is 4.74 Å². The van der Waals surface area contributed by atoms with Crippen LogP contribution in [0.4, 0.5) is 0 Å². The average molecular weight is 435 g/mol. The summed E-state index contributed by atoms with van der Waals surface area (Å²) in [4.78, 5) is 25.9. The van der Waals surface area contributed by atoms with E-state index in [4.69, 9.17) is 27.9 Å². The van der Waals surface area contributed by atoms with Gasteiger partial charge in [0.25, 0.3) is 0 Å². The SMILES string of the molecule is CCOC(=O)C(Cc1cccc(Cl)c1Cl)C(=O)[C@H]1CC[C@H](C2C=CC=CC2)CC1. The van der Waals surface area contributed by atoms with Crippen molar-refractivity contribution in [3.63, 3.8) is 0 Å². The Balaban J connectivity index is 1.68. The molecule has 5 heteroatoms. The van der Waals surface area contributed by atoms with Crippen molar-refractivity contribution in [2.75, 3.05) is 6.61 Å². The monoisotopic (exact) mass is 434 g/mol. The number of esters is 1. The Bertz CT molecular complexity index is 791. The lowest BCUT2D eigenvalue weighted by Crippen LogP contribution is -2.35. The molecule has 0 saturated heterocycles. The molecule has 0 radical (unpaired) electrons. The van der Waals surface area contributed by atoms with Crippen LogP contribution in [0.1, 0.15) is 44.6 Å². The molecule has 2 aliphatic carbocycles. The van der Waals surface area contributed by atoms with Gasteiger partial charge >= 0.3 is 5.97 Å². The summed E-state index contributed by atoms with van der Waals surface area (Å²) >= 11 is 12.4. The maximum Gasteiger partial charge on any atom is 0.316 e. The predicted octanol–water partition coefficient (Wildman–Crippen LogP) is 6.22. The van der Waals surface area contributed by atoms with Gasteiger partial charge in [-0.05, 0) is 68.9 Å². The number of Topliss-reactive ketones (excluding diaryl/α,β-unsaturated/α-hetero) is 1. The van der Waals surface area contributed by atoms with Gasteiger partial charge in [0.2, 0.25) is 0 Å². The van der Waals surface area contributed by atoms with E-state index in [1.807, 2.05) is 6.07 Å². The highest BCUT2D eigenvalue weighted by atomic mass is 35.5. The minimum atomic E-state index is -0.829. The molecule has 0 aromatic heterocycles. The molecule has 29 heavy (non-hydrogen) atoms. The van der Waals surface area contributed by atoms with Crippen LogP contribution in [0.15, 0.2) is 42.5 Å². The molecule has 3 rings (SSSR count). The van der Waals surface area contributed by atoms with E-state index in [1.54, 1.807) is 19.1 Å². The lowest BCUT2D eigenvalue weighted by Gasteiger charge is -2.33. The molecule has 1 saturated carbocycles. The van der Waals surface area contributed by atoms with Crippen LogP contribution < -0.4 is 0 Å². The van der Waals surface area contributed by atoms with Crippen LogP contribution in [-0.2, 0) is 20.7 Å². The Labute approximate surface area is 183 Å². The van der Waals surface area contributed by atoms with Crippen molar-refractivity contribution in [1.29, 1.82) is 0 Å². The van der Waals surface area contributed by atoms with E-state index in [1.165, 1.54) is 0 Å². The topological polar surface area (TPSA) is 43.4 Å². The van der Waals surface area contributed by atoms with Crippen LogP contribution in [0.5, 0.6) is 0 Å². The Morgan fingerprint density at radius 1 is 1.14 bits per heavy atom. The van der Waals surface area contributed by atoms with Crippen LogP contribution in [0.3, 0.4) is 0 Å². The van der Waals surface area contributed by atoms with E-state index >= 15 is 0 Å². The highest BCUT2D eigenvalue weighted by molar-refractivity contribution is 6.42. The molecule has 0 heterocycles. The predicted molar refractivity (Wildman–Crippen MR) is 117 cm³/mol.